The molecular weight excluding hydrogens is 258 g/mol. The van der Waals surface area contributed by atoms with Gasteiger partial charge in [0.25, 0.3) is 5.91 Å². The Labute approximate surface area is 118 Å². The third-order valence-electron chi connectivity index (χ3n) is 4.04. The standard InChI is InChI=1S/C14H21N3O3/c1-9-5-7-14(8-6-9,13(15)17-19)16-12(18)11-4-3-10(2)20-11/h3-4,9,19H,5-8H2,1-2H3,(H2,15,17)(H,16,18). The van der Waals surface area contributed by atoms with Crippen LogP contribution in [0.4, 0.5) is 0 Å². The molecule has 2 rings (SSSR count). The average molecular weight is 279 g/mol. The van der Waals surface area contributed by atoms with Crippen LogP contribution in [-0.4, -0.2) is 22.5 Å². The Balaban J connectivity index is 2.18. The van der Waals surface area contributed by atoms with E-state index >= 15 is 0 Å². The highest BCUT2D eigenvalue weighted by atomic mass is 16.4. The van der Waals surface area contributed by atoms with Crippen LogP contribution in [0.2, 0.25) is 0 Å². The summed E-state index contributed by atoms with van der Waals surface area (Å²) in [5.74, 6) is 1.22. The van der Waals surface area contributed by atoms with Gasteiger partial charge in [0.05, 0.1) is 0 Å². The van der Waals surface area contributed by atoms with Crippen molar-refractivity contribution in [2.75, 3.05) is 0 Å². The second kappa shape index (κ2) is 5.56. The molecule has 1 amide bonds. The Morgan fingerprint density at radius 3 is 2.65 bits per heavy atom. The molecule has 0 saturated heterocycles. The van der Waals surface area contributed by atoms with Crippen LogP contribution in [0.25, 0.3) is 0 Å². The number of oxime groups is 1. The Kier molecular flexibility index (Phi) is 4.01. The van der Waals surface area contributed by atoms with Crippen LogP contribution in [0, 0.1) is 12.8 Å². The van der Waals surface area contributed by atoms with E-state index in [0.29, 0.717) is 24.5 Å². The molecule has 4 N–H and O–H groups in total. The van der Waals surface area contributed by atoms with E-state index in [0.717, 1.165) is 12.8 Å². The van der Waals surface area contributed by atoms with Crippen molar-refractivity contribution in [1.82, 2.24) is 5.32 Å². The van der Waals surface area contributed by atoms with E-state index in [1.807, 2.05) is 0 Å². The molecule has 1 aliphatic carbocycles. The van der Waals surface area contributed by atoms with Crippen LogP contribution in [0.5, 0.6) is 0 Å². The van der Waals surface area contributed by atoms with Gasteiger partial charge in [-0.3, -0.25) is 4.79 Å². The van der Waals surface area contributed by atoms with Crippen LogP contribution in [-0.2, 0) is 0 Å². The Morgan fingerprint density at radius 2 is 2.15 bits per heavy atom. The number of rotatable bonds is 3. The normalized spacial score (nSPS) is 27.3. The molecule has 1 heterocycles. The molecule has 1 fully saturated rings. The van der Waals surface area contributed by atoms with Gasteiger partial charge in [0.1, 0.15) is 11.3 Å². The molecule has 0 bridgehead atoms. The number of hydrogen-bond acceptors (Lipinski definition) is 4. The summed E-state index contributed by atoms with van der Waals surface area (Å²) in [5.41, 5.74) is 5.04. The molecule has 0 radical (unpaired) electrons. The molecule has 0 atom stereocenters. The van der Waals surface area contributed by atoms with Gasteiger partial charge in [-0.1, -0.05) is 12.1 Å². The minimum atomic E-state index is -0.779. The number of nitrogens with two attached hydrogens (primary N) is 1. The maximum Gasteiger partial charge on any atom is 0.287 e. The van der Waals surface area contributed by atoms with E-state index in [2.05, 4.69) is 17.4 Å². The van der Waals surface area contributed by atoms with Gasteiger partial charge in [-0.05, 0) is 50.7 Å². The maximum atomic E-state index is 12.2. The first-order valence-corrected chi connectivity index (χ1v) is 6.84. The van der Waals surface area contributed by atoms with Crippen LogP contribution in [0.15, 0.2) is 21.7 Å². The van der Waals surface area contributed by atoms with E-state index < -0.39 is 5.54 Å². The number of carbonyl (C=O) groups excluding carboxylic acids is 1. The third kappa shape index (κ3) is 2.79. The van der Waals surface area contributed by atoms with E-state index in [1.54, 1.807) is 19.1 Å². The lowest BCUT2D eigenvalue weighted by Gasteiger charge is -2.38. The minimum absolute atomic E-state index is 0.0565. The Morgan fingerprint density at radius 1 is 1.50 bits per heavy atom. The molecule has 0 unspecified atom stereocenters. The topological polar surface area (TPSA) is 101 Å². The highest BCUT2D eigenvalue weighted by Crippen LogP contribution is 2.32. The van der Waals surface area contributed by atoms with Gasteiger partial charge in [-0.25, -0.2) is 0 Å². The van der Waals surface area contributed by atoms with Crippen molar-refractivity contribution in [2.24, 2.45) is 16.8 Å². The summed E-state index contributed by atoms with van der Waals surface area (Å²) in [6.45, 7) is 3.94. The number of nitrogens with one attached hydrogen (secondary N) is 1. The Hall–Kier alpha value is -1.98. The lowest BCUT2D eigenvalue weighted by molar-refractivity contribution is 0.0868. The molecular formula is C14H21N3O3. The van der Waals surface area contributed by atoms with Gasteiger partial charge in [0.2, 0.25) is 0 Å². The van der Waals surface area contributed by atoms with Gasteiger partial charge < -0.3 is 20.7 Å². The van der Waals surface area contributed by atoms with Gasteiger partial charge in [0, 0.05) is 0 Å². The lowest BCUT2D eigenvalue weighted by atomic mass is 9.76. The molecule has 1 aromatic heterocycles. The highest BCUT2D eigenvalue weighted by Gasteiger charge is 2.40. The predicted molar refractivity (Wildman–Crippen MR) is 74.7 cm³/mol. The average Bonchev–Trinajstić information content (AvgIpc) is 2.87. The van der Waals surface area contributed by atoms with Crippen LogP contribution >= 0.6 is 0 Å². The molecule has 1 aromatic rings. The first-order valence-electron chi connectivity index (χ1n) is 6.84. The van der Waals surface area contributed by atoms with Gasteiger partial charge in [-0.15, -0.1) is 0 Å². The van der Waals surface area contributed by atoms with E-state index in [-0.39, 0.29) is 17.5 Å². The van der Waals surface area contributed by atoms with Crippen molar-refractivity contribution in [3.8, 4) is 0 Å². The number of amidine groups is 1. The number of nitrogens with zero attached hydrogens (tertiary/aromatic N) is 1. The summed E-state index contributed by atoms with van der Waals surface area (Å²) < 4.78 is 5.31. The van der Waals surface area contributed by atoms with Crippen LogP contribution < -0.4 is 11.1 Å². The van der Waals surface area contributed by atoms with Crippen molar-refractivity contribution < 1.29 is 14.4 Å². The fraction of sp³-hybridized carbons (Fsp3) is 0.571. The zero-order valence-corrected chi connectivity index (χ0v) is 11.8. The van der Waals surface area contributed by atoms with Crippen molar-refractivity contribution in [3.63, 3.8) is 0 Å². The third-order valence-corrected chi connectivity index (χ3v) is 4.04. The summed E-state index contributed by atoms with van der Waals surface area (Å²) in [4.78, 5) is 12.2. The van der Waals surface area contributed by atoms with Crippen molar-refractivity contribution >= 4 is 11.7 Å². The van der Waals surface area contributed by atoms with Gasteiger partial charge in [-0.2, -0.15) is 0 Å². The van der Waals surface area contributed by atoms with E-state index in [9.17, 15) is 4.79 Å². The molecule has 6 heteroatoms. The maximum absolute atomic E-state index is 12.2. The molecule has 0 spiro atoms. The zero-order valence-electron chi connectivity index (χ0n) is 11.8. The number of carbonyl (C=O) groups is 1. The molecule has 110 valence electrons. The second-order valence-electron chi connectivity index (χ2n) is 5.61. The van der Waals surface area contributed by atoms with Crippen molar-refractivity contribution in [3.05, 3.63) is 23.7 Å². The SMILES string of the molecule is Cc1ccc(C(=O)NC2(/C(N)=N/O)CCC(C)CC2)o1. The molecule has 0 aliphatic heterocycles. The highest BCUT2D eigenvalue weighted by molar-refractivity contribution is 5.98. The summed E-state index contributed by atoms with van der Waals surface area (Å²) in [5, 5.41) is 15.0. The summed E-state index contributed by atoms with van der Waals surface area (Å²) >= 11 is 0. The van der Waals surface area contributed by atoms with Gasteiger partial charge in [0.15, 0.2) is 11.6 Å². The number of aryl methyl sites for hydroxylation is 1. The fourth-order valence-corrected chi connectivity index (χ4v) is 2.63. The smallest absolute Gasteiger partial charge is 0.287 e. The molecule has 1 saturated carbocycles. The Bertz CT molecular complexity index is 513. The monoisotopic (exact) mass is 279 g/mol. The van der Waals surface area contributed by atoms with Crippen LogP contribution in [0.1, 0.15) is 48.9 Å². The summed E-state index contributed by atoms with van der Waals surface area (Å²) in [7, 11) is 0. The summed E-state index contributed by atoms with van der Waals surface area (Å²) in [6.07, 6.45) is 3.17. The van der Waals surface area contributed by atoms with Crippen molar-refractivity contribution in [2.45, 2.75) is 45.1 Å². The van der Waals surface area contributed by atoms with E-state index in [4.69, 9.17) is 15.4 Å². The van der Waals surface area contributed by atoms with Crippen LogP contribution in [0.3, 0.4) is 0 Å². The summed E-state index contributed by atoms with van der Waals surface area (Å²) in [6, 6.07) is 3.35. The minimum Gasteiger partial charge on any atom is -0.456 e. The second-order valence-corrected chi connectivity index (χ2v) is 5.61. The molecule has 6 nitrogen and oxygen atoms in total. The van der Waals surface area contributed by atoms with E-state index in [1.165, 1.54) is 0 Å². The number of amides is 1. The largest absolute Gasteiger partial charge is 0.456 e. The fourth-order valence-electron chi connectivity index (χ4n) is 2.63. The number of hydrogen-bond donors (Lipinski definition) is 3. The molecule has 0 aromatic carbocycles. The predicted octanol–water partition coefficient (Wildman–Crippen LogP) is 2.01. The lowest BCUT2D eigenvalue weighted by Crippen LogP contribution is -2.59. The first-order chi connectivity index (χ1) is 9.47. The quantitative estimate of drug-likeness (QED) is 0.341. The molecule has 20 heavy (non-hydrogen) atoms. The number of furan rings is 1. The van der Waals surface area contributed by atoms with Gasteiger partial charge >= 0.3 is 0 Å². The first kappa shape index (κ1) is 14.4. The van der Waals surface area contributed by atoms with Crippen molar-refractivity contribution in [1.29, 1.82) is 0 Å². The zero-order chi connectivity index (χ0) is 14.8. The molecule has 1 aliphatic rings.